The first kappa shape index (κ1) is 17.0. The standard InChI is InChI=1S/C22H25N3O/c1-16-9-11-18(12-10-16)23-21-19-7-3-4-8-20(19)25(22(21)26)15-24-13-5-6-17(2)14-24/h3-4,7-12,17H,5-6,13-15H2,1-2H3. The third kappa shape index (κ3) is 3.29. The summed E-state index contributed by atoms with van der Waals surface area (Å²) in [5.74, 6) is 0.697. The van der Waals surface area contributed by atoms with Gasteiger partial charge in [0.1, 0.15) is 5.71 Å². The second-order valence-corrected chi connectivity index (χ2v) is 7.51. The zero-order valence-electron chi connectivity index (χ0n) is 15.5. The van der Waals surface area contributed by atoms with Crippen LogP contribution in [0.5, 0.6) is 0 Å². The van der Waals surface area contributed by atoms with Crippen molar-refractivity contribution in [1.29, 1.82) is 0 Å². The van der Waals surface area contributed by atoms with Gasteiger partial charge >= 0.3 is 0 Å². The van der Waals surface area contributed by atoms with Crippen LogP contribution in [0.3, 0.4) is 0 Å². The van der Waals surface area contributed by atoms with E-state index in [2.05, 4.69) is 16.8 Å². The number of likely N-dealkylation sites (tertiary alicyclic amines) is 1. The van der Waals surface area contributed by atoms with Crippen molar-refractivity contribution in [2.45, 2.75) is 26.7 Å². The van der Waals surface area contributed by atoms with Crippen LogP contribution in [-0.2, 0) is 4.79 Å². The Morgan fingerprint density at radius 3 is 2.65 bits per heavy atom. The van der Waals surface area contributed by atoms with Gasteiger partial charge in [-0.3, -0.25) is 14.6 Å². The molecule has 0 aliphatic carbocycles. The molecule has 1 saturated heterocycles. The van der Waals surface area contributed by atoms with E-state index >= 15 is 0 Å². The minimum Gasteiger partial charge on any atom is -0.293 e. The van der Waals surface area contributed by atoms with Gasteiger partial charge in [-0.15, -0.1) is 0 Å². The first-order valence-corrected chi connectivity index (χ1v) is 9.41. The van der Waals surface area contributed by atoms with E-state index < -0.39 is 0 Å². The number of para-hydroxylation sites is 1. The van der Waals surface area contributed by atoms with Gasteiger partial charge in [-0.05, 0) is 50.4 Å². The van der Waals surface area contributed by atoms with E-state index in [0.717, 1.165) is 30.0 Å². The number of amides is 1. The van der Waals surface area contributed by atoms with Gasteiger partial charge < -0.3 is 0 Å². The van der Waals surface area contributed by atoms with E-state index in [1.54, 1.807) is 0 Å². The van der Waals surface area contributed by atoms with E-state index in [1.807, 2.05) is 60.4 Å². The summed E-state index contributed by atoms with van der Waals surface area (Å²) in [6.07, 6.45) is 2.48. The lowest BCUT2D eigenvalue weighted by atomic mass is 10.0. The summed E-state index contributed by atoms with van der Waals surface area (Å²) in [7, 11) is 0. The molecular weight excluding hydrogens is 322 g/mol. The number of anilines is 1. The van der Waals surface area contributed by atoms with Gasteiger partial charge in [0.25, 0.3) is 5.91 Å². The van der Waals surface area contributed by atoms with Crippen molar-refractivity contribution in [2.75, 3.05) is 24.7 Å². The molecule has 0 spiro atoms. The van der Waals surface area contributed by atoms with Crippen LogP contribution in [0.2, 0.25) is 0 Å². The van der Waals surface area contributed by atoms with Gasteiger partial charge in [0, 0.05) is 12.1 Å². The Balaban J connectivity index is 1.65. The Hall–Kier alpha value is -2.46. The third-order valence-corrected chi connectivity index (χ3v) is 5.26. The molecule has 0 N–H and O–H groups in total. The lowest BCUT2D eigenvalue weighted by Crippen LogP contribution is -2.45. The molecule has 1 atom stereocenters. The molecule has 2 aromatic rings. The Labute approximate surface area is 155 Å². The van der Waals surface area contributed by atoms with Crippen LogP contribution in [0, 0.1) is 12.8 Å². The van der Waals surface area contributed by atoms with Crippen molar-refractivity contribution in [3.63, 3.8) is 0 Å². The number of hydrogen-bond acceptors (Lipinski definition) is 3. The first-order chi connectivity index (χ1) is 12.6. The predicted molar refractivity (Wildman–Crippen MR) is 106 cm³/mol. The largest absolute Gasteiger partial charge is 0.293 e. The number of nitrogens with zero attached hydrogens (tertiary/aromatic N) is 3. The fourth-order valence-electron chi connectivity index (χ4n) is 3.87. The van der Waals surface area contributed by atoms with Crippen molar-refractivity contribution in [3.8, 4) is 0 Å². The van der Waals surface area contributed by atoms with Crippen LogP contribution in [0.15, 0.2) is 53.5 Å². The van der Waals surface area contributed by atoms with E-state index in [0.29, 0.717) is 18.3 Å². The number of carbonyl (C=O) groups excluding carboxylic acids is 1. The molecule has 0 saturated carbocycles. The smallest absolute Gasteiger partial charge is 0.278 e. The van der Waals surface area contributed by atoms with Gasteiger partial charge in [0.15, 0.2) is 0 Å². The SMILES string of the molecule is Cc1ccc(N=C2C(=O)N(CN3CCCC(C)C3)c3ccccc32)cc1. The van der Waals surface area contributed by atoms with Crippen LogP contribution in [0.4, 0.5) is 11.4 Å². The number of benzene rings is 2. The lowest BCUT2D eigenvalue weighted by molar-refractivity contribution is -0.112. The second kappa shape index (κ2) is 7.04. The van der Waals surface area contributed by atoms with Crippen LogP contribution in [-0.4, -0.2) is 36.3 Å². The zero-order valence-corrected chi connectivity index (χ0v) is 15.5. The fraction of sp³-hybridized carbons (Fsp3) is 0.364. The van der Waals surface area contributed by atoms with Crippen LogP contribution in [0.1, 0.15) is 30.9 Å². The average molecular weight is 347 g/mol. The third-order valence-electron chi connectivity index (χ3n) is 5.26. The molecule has 2 aliphatic rings. The van der Waals surface area contributed by atoms with E-state index in [1.165, 1.54) is 18.4 Å². The quantitative estimate of drug-likeness (QED) is 0.836. The lowest BCUT2D eigenvalue weighted by Gasteiger charge is -2.33. The van der Waals surface area contributed by atoms with Gasteiger partial charge in [0.05, 0.1) is 18.0 Å². The average Bonchev–Trinajstić information content (AvgIpc) is 2.90. The predicted octanol–water partition coefficient (Wildman–Crippen LogP) is 4.15. The zero-order chi connectivity index (χ0) is 18.1. The maximum absolute atomic E-state index is 13.2. The monoisotopic (exact) mass is 347 g/mol. The normalized spacial score (nSPS) is 22.1. The molecule has 134 valence electrons. The number of aliphatic imine (C=N–C) groups is 1. The molecule has 0 aromatic heterocycles. The molecule has 1 unspecified atom stereocenters. The number of rotatable bonds is 3. The molecule has 2 aromatic carbocycles. The Kier molecular flexibility index (Phi) is 4.60. The van der Waals surface area contributed by atoms with Crippen LogP contribution < -0.4 is 4.90 Å². The van der Waals surface area contributed by atoms with Gasteiger partial charge in [-0.2, -0.15) is 0 Å². The van der Waals surface area contributed by atoms with Crippen molar-refractivity contribution in [2.24, 2.45) is 10.9 Å². The van der Waals surface area contributed by atoms with Crippen molar-refractivity contribution >= 4 is 23.0 Å². The summed E-state index contributed by atoms with van der Waals surface area (Å²) < 4.78 is 0. The summed E-state index contributed by atoms with van der Waals surface area (Å²) >= 11 is 0. The summed E-state index contributed by atoms with van der Waals surface area (Å²) in [6, 6.07) is 16.0. The molecular formula is C22H25N3O. The second-order valence-electron chi connectivity index (χ2n) is 7.51. The van der Waals surface area contributed by atoms with Crippen molar-refractivity contribution < 1.29 is 4.79 Å². The minimum absolute atomic E-state index is 0.00463. The summed E-state index contributed by atoms with van der Waals surface area (Å²) in [5.41, 5.74) is 4.47. The molecule has 26 heavy (non-hydrogen) atoms. The Morgan fingerprint density at radius 1 is 1.12 bits per heavy atom. The molecule has 0 bridgehead atoms. The molecule has 4 nitrogen and oxygen atoms in total. The maximum Gasteiger partial charge on any atom is 0.278 e. The highest BCUT2D eigenvalue weighted by molar-refractivity contribution is 6.54. The van der Waals surface area contributed by atoms with Gasteiger partial charge in [0.2, 0.25) is 0 Å². The van der Waals surface area contributed by atoms with Gasteiger partial charge in [-0.1, -0.05) is 42.8 Å². The summed E-state index contributed by atoms with van der Waals surface area (Å²) in [5, 5.41) is 0. The van der Waals surface area contributed by atoms with E-state index in [-0.39, 0.29) is 5.91 Å². The van der Waals surface area contributed by atoms with Crippen LogP contribution in [0.25, 0.3) is 0 Å². The number of piperidine rings is 1. The van der Waals surface area contributed by atoms with E-state index in [4.69, 9.17) is 0 Å². The van der Waals surface area contributed by atoms with Crippen molar-refractivity contribution in [1.82, 2.24) is 4.90 Å². The topological polar surface area (TPSA) is 35.9 Å². The number of carbonyl (C=O) groups is 1. The number of fused-ring (bicyclic) bond motifs is 1. The molecule has 2 heterocycles. The Morgan fingerprint density at radius 2 is 1.88 bits per heavy atom. The Bertz CT molecular complexity index is 841. The number of aryl methyl sites for hydroxylation is 1. The highest BCUT2D eigenvalue weighted by Gasteiger charge is 2.35. The fourth-order valence-corrected chi connectivity index (χ4v) is 3.87. The molecule has 4 rings (SSSR count). The molecule has 0 radical (unpaired) electrons. The summed E-state index contributed by atoms with van der Waals surface area (Å²) in [4.78, 5) is 22.1. The highest BCUT2D eigenvalue weighted by Crippen LogP contribution is 2.31. The molecule has 1 amide bonds. The molecule has 4 heteroatoms. The van der Waals surface area contributed by atoms with Crippen molar-refractivity contribution in [3.05, 3.63) is 59.7 Å². The first-order valence-electron chi connectivity index (χ1n) is 9.41. The highest BCUT2D eigenvalue weighted by atomic mass is 16.2. The van der Waals surface area contributed by atoms with Crippen LogP contribution >= 0.6 is 0 Å². The molecule has 2 aliphatic heterocycles. The van der Waals surface area contributed by atoms with Gasteiger partial charge in [-0.25, -0.2) is 4.99 Å². The number of hydrogen-bond donors (Lipinski definition) is 0. The minimum atomic E-state index is 0.00463. The maximum atomic E-state index is 13.2. The molecule has 1 fully saturated rings. The summed E-state index contributed by atoms with van der Waals surface area (Å²) in [6.45, 7) is 7.09. The van der Waals surface area contributed by atoms with E-state index in [9.17, 15) is 4.79 Å².